The van der Waals surface area contributed by atoms with Crippen LogP contribution >= 0.6 is 0 Å². The third kappa shape index (κ3) is 4.55. The zero-order valence-electron chi connectivity index (χ0n) is 15.1. The van der Waals surface area contributed by atoms with Gasteiger partial charge in [0.25, 0.3) is 5.82 Å². The molecule has 3 aromatic rings. The molecule has 0 bridgehead atoms. The third-order valence-electron chi connectivity index (χ3n) is 4.60. The van der Waals surface area contributed by atoms with Gasteiger partial charge in [0.1, 0.15) is 23.4 Å². The summed E-state index contributed by atoms with van der Waals surface area (Å²) in [4.78, 5) is 0. The first kappa shape index (κ1) is 21.2. The Hall–Kier alpha value is -2.55. The van der Waals surface area contributed by atoms with Gasteiger partial charge >= 0.3 is 13.2 Å². The van der Waals surface area contributed by atoms with Crippen molar-refractivity contribution in [2.24, 2.45) is 0 Å². The summed E-state index contributed by atoms with van der Waals surface area (Å²) in [5, 5.41) is 0. The molecular weight excluding hydrogens is 456 g/mol. The van der Waals surface area contributed by atoms with Crippen molar-refractivity contribution in [2.75, 3.05) is 0 Å². The summed E-state index contributed by atoms with van der Waals surface area (Å²) in [6.07, 6.45) is 3.90. The number of benzene rings is 2. The molecule has 0 atom stereocenters. The van der Waals surface area contributed by atoms with Crippen LogP contribution in [0.3, 0.4) is 0 Å². The van der Waals surface area contributed by atoms with Gasteiger partial charge in [-0.15, -0.1) is 0 Å². The molecule has 0 saturated heterocycles. The van der Waals surface area contributed by atoms with Crippen LogP contribution in [-0.4, -0.2) is 17.8 Å². The molecule has 0 N–H and O–H groups in total. The standard InChI is InChI=1S/C20H17F4N2O2.BrH/c21-19(22)27-15-7-3-13(4-8-15)17-12-25-11-1-2-18(25)26(17)14-5-9-16(10-6-14)28-20(23)24;/h3-10,12,19-20H,1-2,11H2;1H/q+1;/p-1. The lowest BCUT2D eigenvalue weighted by Crippen LogP contribution is -3.00. The predicted octanol–water partition coefficient (Wildman–Crippen LogP) is 1.58. The second-order valence-corrected chi connectivity index (χ2v) is 6.34. The highest BCUT2D eigenvalue weighted by Crippen LogP contribution is 2.29. The number of rotatable bonds is 6. The Labute approximate surface area is 175 Å². The van der Waals surface area contributed by atoms with E-state index < -0.39 is 13.2 Å². The summed E-state index contributed by atoms with van der Waals surface area (Å²) in [6, 6.07) is 12.8. The number of fused-ring (bicyclic) bond motifs is 1. The van der Waals surface area contributed by atoms with Crippen LogP contribution in [0.25, 0.3) is 16.9 Å². The number of hydrogen-bond acceptors (Lipinski definition) is 2. The third-order valence-corrected chi connectivity index (χ3v) is 4.60. The van der Waals surface area contributed by atoms with Crippen LogP contribution in [0.1, 0.15) is 12.2 Å². The van der Waals surface area contributed by atoms with Gasteiger partial charge in [0.15, 0.2) is 5.69 Å². The Balaban J connectivity index is 0.00000240. The lowest BCUT2D eigenvalue weighted by molar-refractivity contribution is -0.689. The Morgan fingerprint density at radius 3 is 1.93 bits per heavy atom. The van der Waals surface area contributed by atoms with E-state index in [1.165, 1.54) is 24.3 Å². The van der Waals surface area contributed by atoms with Crippen LogP contribution in [0.5, 0.6) is 11.5 Å². The van der Waals surface area contributed by atoms with E-state index in [0.717, 1.165) is 42.2 Å². The normalized spacial score (nSPS) is 12.8. The maximum Gasteiger partial charge on any atom is 0.387 e. The molecule has 1 aliphatic heterocycles. The number of halogens is 5. The zero-order valence-corrected chi connectivity index (χ0v) is 16.7. The Morgan fingerprint density at radius 1 is 0.828 bits per heavy atom. The van der Waals surface area contributed by atoms with Crippen molar-refractivity contribution in [1.82, 2.24) is 4.57 Å². The van der Waals surface area contributed by atoms with Crippen LogP contribution in [0.2, 0.25) is 0 Å². The van der Waals surface area contributed by atoms with E-state index in [1.54, 1.807) is 24.3 Å². The maximum atomic E-state index is 12.4. The number of aromatic nitrogens is 2. The quantitative estimate of drug-likeness (QED) is 0.402. The van der Waals surface area contributed by atoms with Crippen molar-refractivity contribution in [1.29, 1.82) is 0 Å². The Morgan fingerprint density at radius 2 is 1.38 bits per heavy atom. The number of aryl methyl sites for hydroxylation is 1. The summed E-state index contributed by atoms with van der Waals surface area (Å²) >= 11 is 0. The molecule has 0 radical (unpaired) electrons. The summed E-state index contributed by atoms with van der Waals surface area (Å²) in [6.45, 7) is -4.86. The first-order valence-corrected chi connectivity index (χ1v) is 8.76. The average Bonchev–Trinajstić information content (AvgIpc) is 3.23. The molecule has 2 heterocycles. The van der Waals surface area contributed by atoms with Crippen molar-refractivity contribution in [3.8, 4) is 28.4 Å². The van der Waals surface area contributed by atoms with Crippen LogP contribution in [0.4, 0.5) is 17.6 Å². The van der Waals surface area contributed by atoms with Gasteiger partial charge in [0, 0.05) is 5.56 Å². The minimum absolute atomic E-state index is 0. The highest BCUT2D eigenvalue weighted by molar-refractivity contribution is 5.63. The topological polar surface area (TPSA) is 27.3 Å². The minimum atomic E-state index is -2.87. The molecule has 0 unspecified atom stereocenters. The fourth-order valence-corrected chi connectivity index (χ4v) is 3.48. The molecule has 0 aliphatic carbocycles. The van der Waals surface area contributed by atoms with Crippen molar-refractivity contribution in [3.05, 3.63) is 60.6 Å². The van der Waals surface area contributed by atoms with Gasteiger partial charge in [0.05, 0.1) is 13.0 Å². The van der Waals surface area contributed by atoms with E-state index in [0.29, 0.717) is 0 Å². The lowest BCUT2D eigenvalue weighted by Gasteiger charge is -2.08. The molecule has 0 saturated carbocycles. The second-order valence-electron chi connectivity index (χ2n) is 6.34. The molecule has 9 heteroatoms. The Kier molecular flexibility index (Phi) is 6.46. The average molecular weight is 473 g/mol. The van der Waals surface area contributed by atoms with E-state index in [1.807, 2.05) is 10.8 Å². The molecular formula is C20H17BrF4N2O2. The zero-order chi connectivity index (χ0) is 19.7. The summed E-state index contributed by atoms with van der Waals surface area (Å²) < 4.78 is 62.5. The van der Waals surface area contributed by atoms with Crippen molar-refractivity contribution in [2.45, 2.75) is 32.6 Å². The van der Waals surface area contributed by atoms with E-state index in [2.05, 4.69) is 14.0 Å². The summed E-state index contributed by atoms with van der Waals surface area (Å²) in [5.41, 5.74) is 2.51. The molecule has 1 aromatic heterocycles. The number of alkyl halides is 4. The van der Waals surface area contributed by atoms with E-state index in [-0.39, 0.29) is 28.5 Å². The van der Waals surface area contributed by atoms with Crippen LogP contribution in [0.15, 0.2) is 54.7 Å². The lowest BCUT2D eigenvalue weighted by atomic mass is 10.1. The van der Waals surface area contributed by atoms with Gasteiger partial charge in [-0.1, -0.05) is 0 Å². The first-order valence-electron chi connectivity index (χ1n) is 8.76. The van der Waals surface area contributed by atoms with E-state index >= 15 is 0 Å². The number of imidazole rings is 1. The molecule has 0 fully saturated rings. The summed E-state index contributed by atoms with van der Waals surface area (Å²) in [7, 11) is 0. The molecule has 1 aliphatic rings. The molecule has 4 nitrogen and oxygen atoms in total. The van der Waals surface area contributed by atoms with E-state index in [4.69, 9.17) is 0 Å². The smallest absolute Gasteiger partial charge is 0.387 e. The largest absolute Gasteiger partial charge is 1.00 e. The highest BCUT2D eigenvalue weighted by Gasteiger charge is 2.29. The number of nitrogens with zero attached hydrogens (tertiary/aromatic N) is 2. The van der Waals surface area contributed by atoms with Crippen molar-refractivity contribution in [3.63, 3.8) is 0 Å². The highest BCUT2D eigenvalue weighted by atomic mass is 79.9. The van der Waals surface area contributed by atoms with Gasteiger partial charge in [-0.05, 0) is 55.0 Å². The van der Waals surface area contributed by atoms with Gasteiger partial charge in [0.2, 0.25) is 0 Å². The van der Waals surface area contributed by atoms with Gasteiger partial charge in [-0.25, -0.2) is 4.57 Å². The van der Waals surface area contributed by atoms with Crippen molar-refractivity contribution < 1.29 is 48.6 Å². The van der Waals surface area contributed by atoms with E-state index in [9.17, 15) is 17.6 Å². The van der Waals surface area contributed by atoms with Gasteiger partial charge in [-0.3, -0.25) is 0 Å². The Bertz CT molecular complexity index is 960. The minimum Gasteiger partial charge on any atom is -1.00 e. The van der Waals surface area contributed by atoms with Crippen LogP contribution in [0, 0.1) is 0 Å². The summed E-state index contributed by atoms with van der Waals surface area (Å²) in [5.74, 6) is 1.27. The van der Waals surface area contributed by atoms with Gasteiger partial charge < -0.3 is 26.5 Å². The monoisotopic (exact) mass is 472 g/mol. The molecule has 154 valence electrons. The first-order chi connectivity index (χ1) is 13.5. The van der Waals surface area contributed by atoms with Crippen LogP contribution < -0.4 is 31.0 Å². The molecule has 0 spiro atoms. The molecule has 2 aromatic carbocycles. The maximum absolute atomic E-state index is 12.4. The van der Waals surface area contributed by atoms with Crippen LogP contribution in [-0.2, 0) is 13.0 Å². The second kappa shape index (κ2) is 8.86. The predicted molar refractivity (Wildman–Crippen MR) is 93.0 cm³/mol. The molecule has 29 heavy (non-hydrogen) atoms. The number of hydrogen-bond donors (Lipinski definition) is 0. The molecule has 4 rings (SSSR count). The SMILES string of the molecule is FC(F)Oc1ccc(-c2c[n+]3c(n2-c2ccc(OC(F)F)cc2)CCC3)cc1.[Br-]. The fraction of sp³-hybridized carbons (Fsp3) is 0.250. The van der Waals surface area contributed by atoms with Crippen molar-refractivity contribution >= 4 is 0 Å². The fourth-order valence-electron chi connectivity index (χ4n) is 3.48. The molecule has 0 amide bonds. The van der Waals surface area contributed by atoms with Gasteiger partial charge in [-0.2, -0.15) is 22.1 Å². The number of ether oxygens (including phenoxy) is 2.